The highest BCUT2D eigenvalue weighted by Crippen LogP contribution is 2.33. The molecule has 1 amide bonds. The fourth-order valence-electron chi connectivity index (χ4n) is 2.83. The number of thioether (sulfide) groups is 1. The van der Waals surface area contributed by atoms with Crippen LogP contribution in [0.5, 0.6) is 0 Å². The molecule has 3 aromatic carbocycles. The van der Waals surface area contributed by atoms with Gasteiger partial charge in [0.2, 0.25) is 5.91 Å². The minimum atomic E-state index is -0.0119. The van der Waals surface area contributed by atoms with E-state index in [-0.39, 0.29) is 5.91 Å². The Hall–Kier alpha value is -1.97. The molecule has 0 aliphatic carbocycles. The van der Waals surface area contributed by atoms with E-state index in [2.05, 4.69) is 25.2 Å². The van der Waals surface area contributed by atoms with Crippen molar-refractivity contribution in [2.45, 2.75) is 24.7 Å². The molecule has 0 aliphatic heterocycles. The lowest BCUT2D eigenvalue weighted by atomic mass is 10.0. The first kappa shape index (κ1) is 17.8. The molecular formula is C21H20ClNOS. The molecule has 2 nitrogen and oxygen atoms in total. The number of hydrogen-bond donors (Lipinski definition) is 1. The maximum Gasteiger partial charge on any atom is 0.234 e. The monoisotopic (exact) mass is 369 g/mol. The van der Waals surface area contributed by atoms with Crippen molar-refractivity contribution >= 4 is 45.7 Å². The summed E-state index contributed by atoms with van der Waals surface area (Å²) in [5, 5.41) is 5.84. The number of rotatable bonds is 5. The van der Waals surface area contributed by atoms with Crippen LogP contribution in [0.4, 0.5) is 5.69 Å². The molecule has 0 aromatic heterocycles. The van der Waals surface area contributed by atoms with Gasteiger partial charge in [0.1, 0.15) is 0 Å². The third-order valence-corrected chi connectivity index (χ3v) is 5.40. The Morgan fingerprint density at radius 2 is 1.76 bits per heavy atom. The maximum atomic E-state index is 12.4. The number of fused-ring (bicyclic) bond motifs is 1. The zero-order valence-corrected chi connectivity index (χ0v) is 15.8. The first-order valence-corrected chi connectivity index (χ1v) is 9.61. The molecule has 0 saturated heterocycles. The van der Waals surface area contributed by atoms with Gasteiger partial charge in [0.15, 0.2) is 0 Å². The molecule has 3 rings (SSSR count). The Morgan fingerprint density at radius 1 is 1.04 bits per heavy atom. The number of nitrogens with one attached hydrogen (secondary N) is 1. The average Bonchev–Trinajstić information content (AvgIpc) is 2.60. The Morgan fingerprint density at radius 3 is 2.52 bits per heavy atom. The van der Waals surface area contributed by atoms with Crippen molar-refractivity contribution in [2.75, 3.05) is 11.1 Å². The molecule has 0 radical (unpaired) electrons. The lowest BCUT2D eigenvalue weighted by Crippen LogP contribution is -2.15. The van der Waals surface area contributed by atoms with E-state index in [1.165, 1.54) is 11.8 Å². The van der Waals surface area contributed by atoms with Gasteiger partial charge in [-0.2, -0.15) is 0 Å². The molecule has 25 heavy (non-hydrogen) atoms. The standard InChI is InChI=1S/C21H20ClNOS/c1-14(2)16-9-3-4-11-18(16)23-20(24)13-25-19-12-6-8-15-7-5-10-17(22)21(15)19/h3-12,14H,13H2,1-2H3,(H,23,24). The zero-order chi connectivity index (χ0) is 17.8. The van der Waals surface area contributed by atoms with Crippen molar-refractivity contribution in [3.8, 4) is 0 Å². The molecule has 0 spiro atoms. The number of carbonyl (C=O) groups excluding carboxylic acids is 1. The SMILES string of the molecule is CC(C)c1ccccc1NC(=O)CSc1cccc2cccc(Cl)c12. The van der Waals surface area contributed by atoms with Crippen molar-refractivity contribution < 1.29 is 4.79 Å². The van der Waals surface area contributed by atoms with Gasteiger partial charge < -0.3 is 5.32 Å². The van der Waals surface area contributed by atoms with Gasteiger partial charge in [-0.3, -0.25) is 4.79 Å². The van der Waals surface area contributed by atoms with Crippen molar-refractivity contribution in [1.29, 1.82) is 0 Å². The number of halogens is 1. The Bertz CT molecular complexity index is 902. The highest BCUT2D eigenvalue weighted by atomic mass is 35.5. The summed E-state index contributed by atoms with van der Waals surface area (Å²) in [5.41, 5.74) is 2.04. The molecule has 0 aliphatic rings. The molecule has 0 atom stereocenters. The number of anilines is 1. The molecule has 128 valence electrons. The summed E-state index contributed by atoms with van der Waals surface area (Å²) in [7, 11) is 0. The van der Waals surface area contributed by atoms with E-state index < -0.39 is 0 Å². The summed E-state index contributed by atoms with van der Waals surface area (Å²) in [6.07, 6.45) is 0. The van der Waals surface area contributed by atoms with Crippen molar-refractivity contribution in [3.63, 3.8) is 0 Å². The van der Waals surface area contributed by atoms with Crippen LogP contribution < -0.4 is 5.32 Å². The molecule has 3 aromatic rings. The van der Waals surface area contributed by atoms with Gasteiger partial charge in [0.25, 0.3) is 0 Å². The van der Waals surface area contributed by atoms with E-state index in [0.717, 1.165) is 26.9 Å². The summed E-state index contributed by atoms with van der Waals surface area (Å²) >= 11 is 7.86. The second kappa shape index (κ2) is 7.94. The van der Waals surface area contributed by atoms with E-state index in [0.29, 0.717) is 16.7 Å². The van der Waals surface area contributed by atoms with Crippen LogP contribution in [0.15, 0.2) is 65.6 Å². The lowest BCUT2D eigenvalue weighted by molar-refractivity contribution is -0.113. The van der Waals surface area contributed by atoms with Crippen LogP contribution in [-0.4, -0.2) is 11.7 Å². The second-order valence-electron chi connectivity index (χ2n) is 6.17. The molecule has 0 fully saturated rings. The lowest BCUT2D eigenvalue weighted by Gasteiger charge is -2.14. The fraction of sp³-hybridized carbons (Fsp3) is 0.190. The predicted octanol–water partition coefficient (Wildman–Crippen LogP) is 6.35. The van der Waals surface area contributed by atoms with Gasteiger partial charge in [-0.05, 0) is 35.1 Å². The zero-order valence-electron chi connectivity index (χ0n) is 14.3. The summed E-state index contributed by atoms with van der Waals surface area (Å²) in [4.78, 5) is 13.4. The van der Waals surface area contributed by atoms with Crippen LogP contribution in [0.1, 0.15) is 25.3 Å². The Balaban J connectivity index is 1.74. The summed E-state index contributed by atoms with van der Waals surface area (Å²) in [6, 6.07) is 19.8. The van der Waals surface area contributed by atoms with Gasteiger partial charge in [0.05, 0.1) is 5.75 Å². The van der Waals surface area contributed by atoms with Crippen molar-refractivity contribution in [3.05, 3.63) is 71.2 Å². The van der Waals surface area contributed by atoms with Gasteiger partial charge in [-0.15, -0.1) is 11.8 Å². The molecule has 0 unspecified atom stereocenters. The van der Waals surface area contributed by atoms with Crippen LogP contribution >= 0.6 is 23.4 Å². The quantitative estimate of drug-likeness (QED) is 0.531. The highest BCUT2D eigenvalue weighted by Gasteiger charge is 2.11. The number of amides is 1. The normalized spacial score (nSPS) is 11.0. The Labute approximate surface area is 157 Å². The fourth-order valence-corrected chi connectivity index (χ4v) is 4.07. The predicted molar refractivity (Wildman–Crippen MR) is 109 cm³/mol. The maximum absolute atomic E-state index is 12.4. The summed E-state index contributed by atoms with van der Waals surface area (Å²) in [6.45, 7) is 4.25. The number of para-hydroxylation sites is 1. The highest BCUT2D eigenvalue weighted by molar-refractivity contribution is 8.00. The van der Waals surface area contributed by atoms with Crippen LogP contribution in [0.2, 0.25) is 5.02 Å². The van der Waals surface area contributed by atoms with Crippen molar-refractivity contribution in [2.24, 2.45) is 0 Å². The smallest absolute Gasteiger partial charge is 0.234 e. The largest absolute Gasteiger partial charge is 0.325 e. The van der Waals surface area contributed by atoms with E-state index in [1.54, 1.807) is 0 Å². The summed E-state index contributed by atoms with van der Waals surface area (Å²) in [5.74, 6) is 0.694. The topological polar surface area (TPSA) is 29.1 Å². The first-order chi connectivity index (χ1) is 12.1. The summed E-state index contributed by atoms with van der Waals surface area (Å²) < 4.78 is 0. The van der Waals surface area contributed by atoms with E-state index in [9.17, 15) is 4.79 Å². The Kier molecular flexibility index (Phi) is 5.67. The first-order valence-electron chi connectivity index (χ1n) is 8.25. The third-order valence-electron chi connectivity index (χ3n) is 4.03. The van der Waals surface area contributed by atoms with E-state index in [1.807, 2.05) is 54.6 Å². The average molecular weight is 370 g/mol. The van der Waals surface area contributed by atoms with Crippen LogP contribution in [-0.2, 0) is 4.79 Å². The van der Waals surface area contributed by atoms with Crippen LogP contribution in [0.25, 0.3) is 10.8 Å². The van der Waals surface area contributed by atoms with E-state index >= 15 is 0 Å². The third kappa shape index (κ3) is 4.17. The number of carbonyl (C=O) groups is 1. The number of benzene rings is 3. The van der Waals surface area contributed by atoms with E-state index in [4.69, 9.17) is 11.6 Å². The molecule has 0 bridgehead atoms. The van der Waals surface area contributed by atoms with Crippen molar-refractivity contribution in [1.82, 2.24) is 0 Å². The molecule has 4 heteroatoms. The number of hydrogen-bond acceptors (Lipinski definition) is 2. The minimum absolute atomic E-state index is 0.0119. The van der Waals surface area contributed by atoms with Gasteiger partial charge in [-0.25, -0.2) is 0 Å². The van der Waals surface area contributed by atoms with Gasteiger partial charge in [0, 0.05) is 21.0 Å². The second-order valence-corrected chi connectivity index (χ2v) is 7.60. The van der Waals surface area contributed by atoms with Crippen LogP contribution in [0, 0.1) is 0 Å². The molecular weight excluding hydrogens is 350 g/mol. The molecule has 0 heterocycles. The molecule has 0 saturated carbocycles. The van der Waals surface area contributed by atoms with Crippen LogP contribution in [0.3, 0.4) is 0 Å². The minimum Gasteiger partial charge on any atom is -0.325 e. The van der Waals surface area contributed by atoms with Gasteiger partial charge >= 0.3 is 0 Å². The van der Waals surface area contributed by atoms with Gasteiger partial charge in [-0.1, -0.05) is 67.9 Å². The molecule has 1 N–H and O–H groups in total.